The maximum absolute atomic E-state index is 4.24. The quantitative estimate of drug-likeness (QED) is 0.660. The Hall–Kier alpha value is -0.870. The van der Waals surface area contributed by atoms with E-state index < -0.39 is 0 Å². The first-order valence-corrected chi connectivity index (χ1v) is 5.61. The molecule has 4 nitrogen and oxygen atoms in total. The third kappa shape index (κ3) is 4.95. The van der Waals surface area contributed by atoms with Crippen LogP contribution in [0, 0.1) is 0 Å². The van der Waals surface area contributed by atoms with E-state index in [1.807, 2.05) is 0 Å². The third-order valence-corrected chi connectivity index (χ3v) is 2.24. The first kappa shape index (κ1) is 12.2. The van der Waals surface area contributed by atoms with Crippen LogP contribution in [-0.4, -0.2) is 42.3 Å². The summed E-state index contributed by atoms with van der Waals surface area (Å²) in [6.07, 6.45) is 2.21. The molecule has 1 heterocycles. The molecule has 0 bridgehead atoms. The maximum atomic E-state index is 4.24. The van der Waals surface area contributed by atoms with Gasteiger partial charge in [0.25, 0.3) is 0 Å². The van der Waals surface area contributed by atoms with Gasteiger partial charge in [-0.1, -0.05) is 13.3 Å². The number of H-pyrrole nitrogens is 1. The van der Waals surface area contributed by atoms with Crippen molar-refractivity contribution in [3.8, 4) is 0 Å². The minimum Gasteiger partial charge on any atom is -0.310 e. The van der Waals surface area contributed by atoms with Crippen molar-refractivity contribution in [1.29, 1.82) is 0 Å². The second kappa shape index (κ2) is 6.58. The number of nitrogens with one attached hydrogen (secondary N) is 2. The normalized spacial score (nSPS) is 11.2. The molecule has 0 amide bonds. The lowest BCUT2D eigenvalue weighted by Gasteiger charge is -2.09. The summed E-state index contributed by atoms with van der Waals surface area (Å²) >= 11 is 0. The number of hydrogen-bond donors (Lipinski definition) is 2. The Morgan fingerprint density at radius 2 is 2.27 bits per heavy atom. The Balaban J connectivity index is 2.19. The highest BCUT2D eigenvalue weighted by Gasteiger charge is 1.99. The van der Waals surface area contributed by atoms with Gasteiger partial charge in [-0.15, -0.1) is 0 Å². The van der Waals surface area contributed by atoms with Crippen LogP contribution in [0.2, 0.25) is 0 Å². The molecule has 0 atom stereocenters. The fourth-order valence-electron chi connectivity index (χ4n) is 1.41. The zero-order chi connectivity index (χ0) is 11.1. The van der Waals surface area contributed by atoms with Gasteiger partial charge in [0.1, 0.15) is 0 Å². The average Bonchev–Trinajstić information content (AvgIpc) is 2.61. The van der Waals surface area contributed by atoms with Gasteiger partial charge in [-0.3, -0.25) is 5.10 Å². The van der Waals surface area contributed by atoms with Crippen molar-refractivity contribution in [2.45, 2.75) is 26.3 Å². The molecule has 0 aliphatic rings. The highest BCUT2D eigenvalue weighted by atomic mass is 15.1. The molecule has 1 aromatic heterocycles. The van der Waals surface area contributed by atoms with Crippen molar-refractivity contribution >= 4 is 0 Å². The molecular formula is C11H22N4. The van der Waals surface area contributed by atoms with Crippen molar-refractivity contribution in [3.05, 3.63) is 17.5 Å². The van der Waals surface area contributed by atoms with Gasteiger partial charge in [0, 0.05) is 25.3 Å². The van der Waals surface area contributed by atoms with Crippen LogP contribution in [0.4, 0.5) is 0 Å². The van der Waals surface area contributed by atoms with Crippen LogP contribution >= 0.6 is 0 Å². The molecule has 0 aliphatic heterocycles. The highest BCUT2D eigenvalue weighted by molar-refractivity contribution is 5.08. The van der Waals surface area contributed by atoms with Crippen LogP contribution in [0.15, 0.2) is 6.07 Å². The predicted octanol–water partition coefficient (Wildman–Crippen LogP) is 1.01. The van der Waals surface area contributed by atoms with Crippen LogP contribution in [0.25, 0.3) is 0 Å². The number of rotatable bonds is 7. The number of nitrogens with zero attached hydrogens (tertiary/aromatic N) is 2. The largest absolute Gasteiger partial charge is 0.310 e. The van der Waals surface area contributed by atoms with Gasteiger partial charge in [-0.2, -0.15) is 5.10 Å². The molecule has 1 rings (SSSR count). The van der Waals surface area contributed by atoms with E-state index in [1.165, 1.54) is 11.4 Å². The first-order chi connectivity index (χ1) is 7.22. The van der Waals surface area contributed by atoms with Crippen LogP contribution < -0.4 is 5.32 Å². The van der Waals surface area contributed by atoms with E-state index in [0.29, 0.717) is 0 Å². The Bertz CT molecular complexity index is 267. The number of likely N-dealkylation sites (N-methyl/N-ethyl adjacent to an activating group) is 1. The van der Waals surface area contributed by atoms with Gasteiger partial charge in [0.15, 0.2) is 0 Å². The summed E-state index contributed by atoms with van der Waals surface area (Å²) in [7, 11) is 4.16. The van der Waals surface area contributed by atoms with E-state index in [9.17, 15) is 0 Å². The second-order valence-corrected chi connectivity index (χ2v) is 4.11. The highest BCUT2D eigenvalue weighted by Crippen LogP contribution is 2.01. The molecule has 15 heavy (non-hydrogen) atoms. The molecule has 0 aliphatic carbocycles. The summed E-state index contributed by atoms with van der Waals surface area (Å²) < 4.78 is 0. The first-order valence-electron chi connectivity index (χ1n) is 5.61. The van der Waals surface area contributed by atoms with E-state index in [-0.39, 0.29) is 0 Å². The number of hydrogen-bond acceptors (Lipinski definition) is 3. The fraction of sp³-hybridized carbons (Fsp3) is 0.727. The predicted molar refractivity (Wildman–Crippen MR) is 62.8 cm³/mol. The topological polar surface area (TPSA) is 44.0 Å². The van der Waals surface area contributed by atoms with E-state index in [0.717, 1.165) is 32.5 Å². The van der Waals surface area contributed by atoms with Crippen molar-refractivity contribution in [2.24, 2.45) is 0 Å². The Morgan fingerprint density at radius 1 is 1.47 bits per heavy atom. The van der Waals surface area contributed by atoms with Crippen molar-refractivity contribution in [1.82, 2.24) is 20.4 Å². The molecule has 0 unspecified atom stereocenters. The standard InChI is InChI=1S/C11H22N4/c1-4-5-10-8-11(14-13-10)9-12-6-7-15(2)3/h8,12H,4-7,9H2,1-3H3,(H,13,14). The SMILES string of the molecule is CCCc1cc(CNCCN(C)C)[nH]n1. The summed E-state index contributed by atoms with van der Waals surface area (Å²) in [4.78, 5) is 2.17. The van der Waals surface area contributed by atoms with Crippen LogP contribution in [-0.2, 0) is 13.0 Å². The van der Waals surface area contributed by atoms with Gasteiger partial charge in [-0.05, 0) is 26.6 Å². The van der Waals surface area contributed by atoms with Gasteiger partial charge < -0.3 is 10.2 Å². The maximum Gasteiger partial charge on any atom is 0.0625 e. The third-order valence-electron chi connectivity index (χ3n) is 2.24. The summed E-state index contributed by atoms with van der Waals surface area (Å²) in [6.45, 7) is 5.12. The van der Waals surface area contributed by atoms with Crippen molar-refractivity contribution in [3.63, 3.8) is 0 Å². The van der Waals surface area contributed by atoms with Crippen LogP contribution in [0.5, 0.6) is 0 Å². The van der Waals surface area contributed by atoms with Gasteiger partial charge in [-0.25, -0.2) is 0 Å². The molecule has 0 spiro atoms. The zero-order valence-corrected chi connectivity index (χ0v) is 10.0. The Morgan fingerprint density at radius 3 is 2.93 bits per heavy atom. The van der Waals surface area contributed by atoms with Gasteiger partial charge >= 0.3 is 0 Å². The molecule has 0 aromatic carbocycles. The van der Waals surface area contributed by atoms with Crippen molar-refractivity contribution in [2.75, 3.05) is 27.2 Å². The number of aromatic amines is 1. The Labute approximate surface area is 92.1 Å². The zero-order valence-electron chi connectivity index (χ0n) is 10.0. The van der Waals surface area contributed by atoms with Gasteiger partial charge in [0.2, 0.25) is 0 Å². The summed E-state index contributed by atoms with van der Waals surface area (Å²) in [5.41, 5.74) is 2.35. The molecule has 1 aromatic rings. The lowest BCUT2D eigenvalue weighted by Crippen LogP contribution is -2.26. The lowest BCUT2D eigenvalue weighted by atomic mass is 10.2. The molecule has 0 fully saturated rings. The minimum absolute atomic E-state index is 0.880. The van der Waals surface area contributed by atoms with E-state index in [2.05, 4.69) is 47.5 Å². The van der Waals surface area contributed by atoms with E-state index in [4.69, 9.17) is 0 Å². The summed E-state index contributed by atoms with van der Waals surface area (Å²) in [5.74, 6) is 0. The number of aryl methyl sites for hydroxylation is 1. The smallest absolute Gasteiger partial charge is 0.0625 e. The molecule has 86 valence electrons. The summed E-state index contributed by atoms with van der Waals surface area (Å²) in [5, 5.41) is 10.7. The van der Waals surface area contributed by atoms with Crippen LogP contribution in [0.1, 0.15) is 24.7 Å². The second-order valence-electron chi connectivity index (χ2n) is 4.11. The fourth-order valence-corrected chi connectivity index (χ4v) is 1.41. The Kier molecular flexibility index (Phi) is 5.36. The monoisotopic (exact) mass is 210 g/mol. The van der Waals surface area contributed by atoms with E-state index in [1.54, 1.807) is 0 Å². The molecule has 4 heteroatoms. The summed E-state index contributed by atoms with van der Waals surface area (Å²) in [6, 6.07) is 2.14. The van der Waals surface area contributed by atoms with E-state index >= 15 is 0 Å². The van der Waals surface area contributed by atoms with Crippen molar-refractivity contribution < 1.29 is 0 Å². The molecule has 0 saturated carbocycles. The average molecular weight is 210 g/mol. The molecule has 2 N–H and O–H groups in total. The number of aromatic nitrogens is 2. The lowest BCUT2D eigenvalue weighted by molar-refractivity contribution is 0.399. The molecule has 0 radical (unpaired) electrons. The molecule has 0 saturated heterocycles. The van der Waals surface area contributed by atoms with Crippen LogP contribution in [0.3, 0.4) is 0 Å². The minimum atomic E-state index is 0.880. The van der Waals surface area contributed by atoms with Gasteiger partial charge in [0.05, 0.1) is 5.69 Å². The molecular weight excluding hydrogens is 188 g/mol.